The van der Waals surface area contributed by atoms with Gasteiger partial charge < -0.3 is 0 Å². The van der Waals surface area contributed by atoms with E-state index in [1.165, 1.54) is 0 Å². The van der Waals surface area contributed by atoms with Crippen molar-refractivity contribution in [3.63, 3.8) is 0 Å². The molecule has 0 spiro atoms. The molecular formula is C10H15F5OS. The van der Waals surface area contributed by atoms with Crippen molar-refractivity contribution in [3.8, 4) is 0 Å². The largest absolute Gasteiger partial charge is 0.287 e. The SMILES string of the molecule is CCC(=O)SCCC(F)(F)C(F)C(F)C(C)F. The zero-order valence-corrected chi connectivity index (χ0v) is 10.4. The lowest BCUT2D eigenvalue weighted by atomic mass is 10.0. The van der Waals surface area contributed by atoms with Gasteiger partial charge in [-0.15, -0.1) is 0 Å². The van der Waals surface area contributed by atoms with Crippen LogP contribution < -0.4 is 0 Å². The zero-order valence-electron chi connectivity index (χ0n) is 9.56. The van der Waals surface area contributed by atoms with Gasteiger partial charge in [0, 0.05) is 18.6 Å². The summed E-state index contributed by atoms with van der Waals surface area (Å²) in [6.07, 6.45) is -9.13. The number of thioether (sulfide) groups is 1. The van der Waals surface area contributed by atoms with Gasteiger partial charge in [-0.25, -0.2) is 22.0 Å². The van der Waals surface area contributed by atoms with Crippen LogP contribution in [0.5, 0.6) is 0 Å². The standard InChI is InChI=1S/C10H15F5OS/c1-3-7(16)17-5-4-10(14,15)9(13)8(12)6(2)11/h6,8-9H,3-5H2,1-2H3. The first-order valence-corrected chi connectivity index (χ1v) is 6.16. The summed E-state index contributed by atoms with van der Waals surface area (Å²) in [4.78, 5) is 10.8. The van der Waals surface area contributed by atoms with Gasteiger partial charge >= 0.3 is 0 Å². The molecule has 0 aliphatic heterocycles. The second-order valence-electron chi connectivity index (χ2n) is 3.61. The average Bonchev–Trinajstić information content (AvgIpc) is 2.26. The summed E-state index contributed by atoms with van der Waals surface area (Å²) in [6.45, 7) is 2.25. The van der Waals surface area contributed by atoms with E-state index in [4.69, 9.17) is 0 Å². The fourth-order valence-corrected chi connectivity index (χ4v) is 1.81. The minimum Gasteiger partial charge on any atom is -0.287 e. The van der Waals surface area contributed by atoms with Crippen molar-refractivity contribution in [3.05, 3.63) is 0 Å². The smallest absolute Gasteiger partial charge is 0.282 e. The maximum absolute atomic E-state index is 13.1. The molecule has 0 rings (SSSR count). The van der Waals surface area contributed by atoms with Crippen LogP contribution in [0.15, 0.2) is 0 Å². The van der Waals surface area contributed by atoms with Crippen molar-refractivity contribution >= 4 is 16.9 Å². The van der Waals surface area contributed by atoms with Crippen molar-refractivity contribution in [1.29, 1.82) is 0 Å². The summed E-state index contributed by atoms with van der Waals surface area (Å²) in [5.74, 6) is -4.27. The molecule has 7 heteroatoms. The third-order valence-electron chi connectivity index (χ3n) is 2.11. The van der Waals surface area contributed by atoms with E-state index in [1.54, 1.807) is 6.92 Å². The molecule has 17 heavy (non-hydrogen) atoms. The Morgan fingerprint density at radius 3 is 2.24 bits per heavy atom. The third kappa shape index (κ3) is 5.70. The van der Waals surface area contributed by atoms with Gasteiger partial charge in [0.25, 0.3) is 5.92 Å². The molecule has 0 N–H and O–H groups in total. The Kier molecular flexibility index (Phi) is 7.04. The number of hydrogen-bond donors (Lipinski definition) is 0. The van der Waals surface area contributed by atoms with E-state index in [-0.39, 0.29) is 17.3 Å². The fraction of sp³-hybridized carbons (Fsp3) is 0.900. The van der Waals surface area contributed by atoms with Gasteiger partial charge in [-0.3, -0.25) is 4.79 Å². The van der Waals surface area contributed by atoms with Gasteiger partial charge in [0.15, 0.2) is 17.5 Å². The number of carbonyl (C=O) groups excluding carboxylic acids is 1. The molecule has 0 aromatic rings. The van der Waals surface area contributed by atoms with E-state index in [9.17, 15) is 26.7 Å². The maximum atomic E-state index is 13.1. The van der Waals surface area contributed by atoms with Gasteiger partial charge in [0.1, 0.15) is 6.17 Å². The van der Waals surface area contributed by atoms with Crippen LogP contribution >= 0.6 is 11.8 Å². The summed E-state index contributed by atoms with van der Waals surface area (Å²) in [6, 6.07) is 0. The van der Waals surface area contributed by atoms with Crippen LogP contribution in [0, 0.1) is 0 Å². The normalized spacial score (nSPS) is 17.6. The molecule has 0 aliphatic carbocycles. The average molecular weight is 278 g/mol. The Hall–Kier alpha value is -0.330. The minimum atomic E-state index is -3.96. The molecule has 0 saturated carbocycles. The predicted octanol–water partition coefficient (Wildman–Crippen LogP) is 3.72. The van der Waals surface area contributed by atoms with Crippen LogP contribution in [0.2, 0.25) is 0 Å². The van der Waals surface area contributed by atoms with Crippen molar-refractivity contribution < 1.29 is 26.7 Å². The molecule has 0 fully saturated rings. The Morgan fingerprint density at radius 2 is 1.82 bits per heavy atom. The zero-order chi connectivity index (χ0) is 13.6. The molecule has 0 aromatic carbocycles. The Bertz CT molecular complexity index is 247. The molecule has 0 radical (unpaired) electrons. The van der Waals surface area contributed by atoms with Gasteiger partial charge in [-0.05, 0) is 6.92 Å². The highest BCUT2D eigenvalue weighted by Crippen LogP contribution is 2.32. The molecule has 0 saturated heterocycles. The van der Waals surface area contributed by atoms with E-state index >= 15 is 0 Å². The van der Waals surface area contributed by atoms with E-state index in [0.29, 0.717) is 18.7 Å². The molecule has 0 aromatic heterocycles. The summed E-state index contributed by atoms with van der Waals surface area (Å²) in [7, 11) is 0. The maximum Gasteiger partial charge on any atom is 0.282 e. The molecule has 1 nitrogen and oxygen atoms in total. The number of carbonyl (C=O) groups is 1. The third-order valence-corrected chi connectivity index (χ3v) is 3.13. The molecule has 3 unspecified atom stereocenters. The Labute approximate surface area is 101 Å². The first-order chi connectivity index (χ1) is 7.72. The van der Waals surface area contributed by atoms with Crippen molar-refractivity contribution in [2.75, 3.05) is 5.75 Å². The molecule has 102 valence electrons. The summed E-state index contributed by atoms with van der Waals surface area (Å²) in [5, 5.41) is -0.299. The van der Waals surface area contributed by atoms with Gasteiger partial charge in [0.2, 0.25) is 0 Å². The number of halogens is 5. The lowest BCUT2D eigenvalue weighted by Gasteiger charge is -2.23. The van der Waals surface area contributed by atoms with E-state index in [1.807, 2.05) is 0 Å². The van der Waals surface area contributed by atoms with Crippen LogP contribution in [0.4, 0.5) is 22.0 Å². The van der Waals surface area contributed by atoms with E-state index in [2.05, 4.69) is 0 Å². The van der Waals surface area contributed by atoms with E-state index < -0.39 is 30.9 Å². The van der Waals surface area contributed by atoms with Crippen LogP contribution in [-0.2, 0) is 4.79 Å². The van der Waals surface area contributed by atoms with Gasteiger partial charge in [-0.2, -0.15) is 0 Å². The van der Waals surface area contributed by atoms with E-state index in [0.717, 1.165) is 0 Å². The van der Waals surface area contributed by atoms with Gasteiger partial charge in [0.05, 0.1) is 0 Å². The minimum absolute atomic E-state index is 0.183. The summed E-state index contributed by atoms with van der Waals surface area (Å²) < 4.78 is 64.3. The first-order valence-electron chi connectivity index (χ1n) is 5.18. The first kappa shape index (κ1) is 16.7. The number of hydrogen-bond acceptors (Lipinski definition) is 2. The molecule has 3 atom stereocenters. The number of rotatable bonds is 7. The van der Waals surface area contributed by atoms with Crippen molar-refractivity contribution in [2.45, 2.75) is 51.1 Å². The van der Waals surface area contributed by atoms with Crippen molar-refractivity contribution in [1.82, 2.24) is 0 Å². The van der Waals surface area contributed by atoms with Crippen LogP contribution in [0.25, 0.3) is 0 Å². The molecule has 0 heterocycles. The van der Waals surface area contributed by atoms with Crippen LogP contribution in [0.3, 0.4) is 0 Å². The molecule has 0 amide bonds. The second-order valence-corrected chi connectivity index (χ2v) is 4.76. The lowest BCUT2D eigenvalue weighted by Crippen LogP contribution is -2.41. The van der Waals surface area contributed by atoms with Crippen LogP contribution in [-0.4, -0.2) is 35.3 Å². The Balaban J connectivity index is 4.22. The molecule has 0 aliphatic rings. The summed E-state index contributed by atoms with van der Waals surface area (Å²) in [5.41, 5.74) is 0. The highest BCUT2D eigenvalue weighted by Gasteiger charge is 2.47. The fourth-order valence-electron chi connectivity index (χ4n) is 1.01. The highest BCUT2D eigenvalue weighted by molar-refractivity contribution is 8.13. The van der Waals surface area contributed by atoms with Crippen molar-refractivity contribution in [2.24, 2.45) is 0 Å². The quantitative estimate of drug-likeness (QED) is 0.660. The monoisotopic (exact) mass is 278 g/mol. The highest BCUT2D eigenvalue weighted by atomic mass is 32.2. The predicted molar refractivity (Wildman–Crippen MR) is 57.7 cm³/mol. The topological polar surface area (TPSA) is 17.1 Å². The molecule has 0 bridgehead atoms. The lowest BCUT2D eigenvalue weighted by molar-refractivity contribution is -0.112. The Morgan fingerprint density at radius 1 is 1.29 bits per heavy atom. The number of alkyl halides is 5. The summed E-state index contributed by atoms with van der Waals surface area (Å²) >= 11 is 0.639. The van der Waals surface area contributed by atoms with Crippen LogP contribution in [0.1, 0.15) is 26.7 Å². The van der Waals surface area contributed by atoms with Gasteiger partial charge in [-0.1, -0.05) is 18.7 Å². The second kappa shape index (κ2) is 7.18. The molecular weight excluding hydrogens is 263 g/mol.